The molecule has 72 valence electrons. The van der Waals surface area contributed by atoms with E-state index < -0.39 is 10.0 Å². The fourth-order valence-corrected chi connectivity index (χ4v) is 2.43. The Morgan fingerprint density at radius 1 is 1.46 bits per heavy atom. The SMILES string of the molecule is CNS(=O)(=O)c1cc(I)ccc1N. The Balaban J connectivity index is 3.38. The molecule has 0 fully saturated rings. The van der Waals surface area contributed by atoms with Gasteiger partial charge < -0.3 is 5.73 Å². The molecule has 0 saturated heterocycles. The first-order chi connectivity index (χ1) is 5.97. The van der Waals surface area contributed by atoms with Crippen LogP contribution in [0.4, 0.5) is 5.69 Å². The zero-order valence-corrected chi connectivity index (χ0v) is 9.89. The van der Waals surface area contributed by atoms with Gasteiger partial charge in [0.1, 0.15) is 4.90 Å². The van der Waals surface area contributed by atoms with Gasteiger partial charge >= 0.3 is 0 Å². The van der Waals surface area contributed by atoms with Crippen LogP contribution in [0.3, 0.4) is 0 Å². The summed E-state index contributed by atoms with van der Waals surface area (Å²) in [6.07, 6.45) is 0. The second-order valence-corrected chi connectivity index (χ2v) is 5.49. The Morgan fingerprint density at radius 3 is 2.62 bits per heavy atom. The molecule has 0 aliphatic rings. The predicted molar refractivity (Wildman–Crippen MR) is 59.8 cm³/mol. The number of nitrogen functional groups attached to an aromatic ring is 1. The lowest BCUT2D eigenvalue weighted by atomic mass is 10.3. The molecule has 1 aromatic carbocycles. The molecule has 1 rings (SSSR count). The van der Waals surface area contributed by atoms with E-state index in [0.29, 0.717) is 0 Å². The molecule has 1 aromatic rings. The average molecular weight is 312 g/mol. The Kier molecular flexibility index (Phi) is 3.14. The van der Waals surface area contributed by atoms with Gasteiger partial charge in [-0.25, -0.2) is 13.1 Å². The van der Waals surface area contributed by atoms with Crippen molar-refractivity contribution in [1.29, 1.82) is 0 Å². The van der Waals surface area contributed by atoms with Gasteiger partial charge in [-0.15, -0.1) is 0 Å². The summed E-state index contributed by atoms with van der Waals surface area (Å²) in [6.45, 7) is 0. The van der Waals surface area contributed by atoms with Crippen molar-refractivity contribution < 1.29 is 8.42 Å². The van der Waals surface area contributed by atoms with E-state index >= 15 is 0 Å². The van der Waals surface area contributed by atoms with E-state index in [9.17, 15) is 8.42 Å². The topological polar surface area (TPSA) is 72.2 Å². The summed E-state index contributed by atoms with van der Waals surface area (Å²) < 4.78 is 25.8. The zero-order chi connectivity index (χ0) is 10.1. The smallest absolute Gasteiger partial charge is 0.242 e. The predicted octanol–water partition coefficient (Wildman–Crippen LogP) is 0.782. The van der Waals surface area contributed by atoms with Gasteiger partial charge in [0.2, 0.25) is 10.0 Å². The molecule has 13 heavy (non-hydrogen) atoms. The van der Waals surface area contributed by atoms with Crippen LogP contribution in [-0.4, -0.2) is 15.5 Å². The first-order valence-electron chi connectivity index (χ1n) is 3.46. The third kappa shape index (κ3) is 2.32. The number of hydrogen-bond donors (Lipinski definition) is 2. The monoisotopic (exact) mass is 312 g/mol. The van der Waals surface area contributed by atoms with Crippen molar-refractivity contribution in [1.82, 2.24) is 4.72 Å². The van der Waals surface area contributed by atoms with Crippen LogP contribution in [-0.2, 0) is 10.0 Å². The second-order valence-electron chi connectivity index (χ2n) is 2.39. The molecule has 0 atom stereocenters. The summed E-state index contributed by atoms with van der Waals surface area (Å²) in [5.41, 5.74) is 5.79. The average Bonchev–Trinajstić information content (AvgIpc) is 2.09. The third-order valence-electron chi connectivity index (χ3n) is 1.53. The van der Waals surface area contributed by atoms with Crippen molar-refractivity contribution in [2.75, 3.05) is 12.8 Å². The molecular weight excluding hydrogens is 303 g/mol. The molecule has 3 N–H and O–H groups in total. The molecule has 0 heterocycles. The number of anilines is 1. The molecule has 4 nitrogen and oxygen atoms in total. The van der Waals surface area contributed by atoms with Crippen molar-refractivity contribution in [3.63, 3.8) is 0 Å². The summed E-state index contributed by atoms with van der Waals surface area (Å²) in [7, 11) is -2.08. The number of nitrogens with two attached hydrogens (primary N) is 1. The maximum Gasteiger partial charge on any atom is 0.242 e. The number of halogens is 1. The molecule has 0 spiro atoms. The second kappa shape index (κ2) is 3.81. The van der Waals surface area contributed by atoms with Crippen LogP contribution in [0, 0.1) is 3.57 Å². The van der Waals surface area contributed by atoms with Crippen LogP contribution in [0.5, 0.6) is 0 Å². The quantitative estimate of drug-likeness (QED) is 0.626. The van der Waals surface area contributed by atoms with E-state index in [1.54, 1.807) is 12.1 Å². The molecule has 0 aliphatic carbocycles. The highest BCUT2D eigenvalue weighted by Crippen LogP contribution is 2.20. The Bertz CT molecular complexity index is 417. The van der Waals surface area contributed by atoms with Gasteiger partial charge in [-0.05, 0) is 47.8 Å². The summed E-state index contributed by atoms with van der Waals surface area (Å²) >= 11 is 2.03. The Hall–Kier alpha value is -0.340. The van der Waals surface area contributed by atoms with Crippen molar-refractivity contribution >= 4 is 38.3 Å². The molecule has 0 amide bonds. The highest BCUT2D eigenvalue weighted by molar-refractivity contribution is 14.1. The minimum Gasteiger partial charge on any atom is -0.398 e. The van der Waals surface area contributed by atoms with E-state index in [1.165, 1.54) is 13.1 Å². The van der Waals surface area contributed by atoms with E-state index in [0.717, 1.165) is 3.57 Å². The van der Waals surface area contributed by atoms with Gasteiger partial charge in [0.15, 0.2) is 0 Å². The van der Waals surface area contributed by atoms with Gasteiger partial charge in [-0.2, -0.15) is 0 Å². The van der Waals surface area contributed by atoms with Crippen LogP contribution >= 0.6 is 22.6 Å². The standard InChI is InChI=1S/C7H9IN2O2S/c1-10-13(11,12)7-4-5(8)2-3-6(7)9/h2-4,10H,9H2,1H3. The van der Waals surface area contributed by atoms with Gasteiger partial charge in [0, 0.05) is 3.57 Å². The minimum absolute atomic E-state index is 0.127. The maximum absolute atomic E-state index is 11.4. The van der Waals surface area contributed by atoms with Crippen molar-refractivity contribution in [2.24, 2.45) is 0 Å². The largest absolute Gasteiger partial charge is 0.398 e. The van der Waals surface area contributed by atoms with E-state index in [-0.39, 0.29) is 10.6 Å². The van der Waals surface area contributed by atoms with Crippen LogP contribution in [0.25, 0.3) is 0 Å². The van der Waals surface area contributed by atoms with Crippen LogP contribution < -0.4 is 10.5 Å². The molecule has 0 aromatic heterocycles. The molecule has 0 radical (unpaired) electrons. The van der Waals surface area contributed by atoms with Crippen LogP contribution in [0.15, 0.2) is 23.1 Å². The lowest BCUT2D eigenvalue weighted by molar-refractivity contribution is 0.588. The maximum atomic E-state index is 11.4. The van der Waals surface area contributed by atoms with Crippen molar-refractivity contribution in [3.8, 4) is 0 Å². The zero-order valence-electron chi connectivity index (χ0n) is 6.91. The summed E-state index contributed by atoms with van der Waals surface area (Å²) in [5, 5.41) is 0. The molecular formula is C7H9IN2O2S. The van der Waals surface area contributed by atoms with Crippen LogP contribution in [0.2, 0.25) is 0 Å². The summed E-state index contributed by atoms with van der Waals surface area (Å²) in [4.78, 5) is 0.127. The minimum atomic E-state index is -3.43. The third-order valence-corrected chi connectivity index (χ3v) is 3.67. The first kappa shape index (κ1) is 10.7. The molecule has 0 bridgehead atoms. The fraction of sp³-hybridized carbons (Fsp3) is 0.143. The first-order valence-corrected chi connectivity index (χ1v) is 6.02. The summed E-state index contributed by atoms with van der Waals surface area (Å²) in [5.74, 6) is 0. The van der Waals surface area contributed by atoms with Crippen molar-refractivity contribution in [3.05, 3.63) is 21.8 Å². The molecule has 6 heteroatoms. The van der Waals surface area contributed by atoms with E-state index in [4.69, 9.17) is 5.73 Å². The number of sulfonamides is 1. The lowest BCUT2D eigenvalue weighted by Crippen LogP contribution is -2.20. The van der Waals surface area contributed by atoms with Gasteiger partial charge in [-0.3, -0.25) is 0 Å². The Labute approximate surface area is 90.7 Å². The van der Waals surface area contributed by atoms with Gasteiger partial charge in [-0.1, -0.05) is 0 Å². The molecule has 0 saturated carbocycles. The molecule has 0 aliphatic heterocycles. The van der Waals surface area contributed by atoms with Crippen LogP contribution in [0.1, 0.15) is 0 Å². The number of nitrogens with one attached hydrogen (secondary N) is 1. The fourth-order valence-electron chi connectivity index (χ4n) is 0.851. The number of benzene rings is 1. The summed E-state index contributed by atoms with van der Waals surface area (Å²) in [6, 6.07) is 4.86. The van der Waals surface area contributed by atoms with Gasteiger partial charge in [0.05, 0.1) is 5.69 Å². The van der Waals surface area contributed by atoms with Crippen molar-refractivity contribution in [2.45, 2.75) is 4.90 Å². The normalized spacial score (nSPS) is 11.5. The highest BCUT2D eigenvalue weighted by Gasteiger charge is 2.14. The highest BCUT2D eigenvalue weighted by atomic mass is 127. The number of rotatable bonds is 2. The van der Waals surface area contributed by atoms with E-state index in [2.05, 4.69) is 4.72 Å². The Morgan fingerprint density at radius 2 is 2.08 bits per heavy atom. The lowest BCUT2D eigenvalue weighted by Gasteiger charge is -2.05. The van der Waals surface area contributed by atoms with E-state index in [1.807, 2.05) is 22.6 Å². The number of hydrogen-bond acceptors (Lipinski definition) is 3. The molecule has 0 unspecified atom stereocenters. The van der Waals surface area contributed by atoms with Gasteiger partial charge in [0.25, 0.3) is 0 Å².